The Bertz CT molecular complexity index is 508. The first-order valence-corrected chi connectivity index (χ1v) is 5.76. The Labute approximate surface area is 98.0 Å². The second-order valence-electron chi connectivity index (χ2n) is 4.69. The molecule has 0 aromatic heterocycles. The van der Waals surface area contributed by atoms with E-state index in [1.807, 2.05) is 0 Å². The van der Waals surface area contributed by atoms with Crippen molar-refractivity contribution in [2.45, 2.75) is 25.2 Å². The van der Waals surface area contributed by atoms with Crippen LogP contribution in [0.4, 0.5) is 11.4 Å². The normalized spacial score (nSPS) is 22.8. The summed E-state index contributed by atoms with van der Waals surface area (Å²) in [7, 11) is 0. The first kappa shape index (κ1) is 10.3. The number of rotatable bonds is 2. The number of non-ortho nitro benzene ring substituents is 1. The van der Waals surface area contributed by atoms with Gasteiger partial charge in [0.05, 0.1) is 10.8 Å². The largest absolute Gasteiger partial charge is 0.325 e. The topological polar surface area (TPSA) is 72.2 Å². The summed E-state index contributed by atoms with van der Waals surface area (Å²) in [6.07, 6.45) is 3.24. The highest BCUT2D eigenvalue weighted by Crippen LogP contribution is 2.46. The summed E-state index contributed by atoms with van der Waals surface area (Å²) in [4.78, 5) is 22.2. The van der Waals surface area contributed by atoms with Crippen molar-refractivity contribution in [3.05, 3.63) is 33.9 Å². The summed E-state index contributed by atoms with van der Waals surface area (Å²) in [5.74, 6) is 0.169. The molecule has 0 radical (unpaired) electrons. The van der Waals surface area contributed by atoms with Crippen LogP contribution in [0.2, 0.25) is 0 Å². The molecule has 0 spiro atoms. The van der Waals surface area contributed by atoms with Crippen molar-refractivity contribution in [2.75, 3.05) is 5.32 Å². The van der Waals surface area contributed by atoms with Crippen molar-refractivity contribution in [1.29, 1.82) is 0 Å². The first-order chi connectivity index (χ1) is 8.16. The number of hydrogen-bond donors (Lipinski definition) is 1. The minimum Gasteiger partial charge on any atom is -0.325 e. The second kappa shape index (κ2) is 3.55. The zero-order chi connectivity index (χ0) is 12.0. The summed E-state index contributed by atoms with van der Waals surface area (Å²) in [6.45, 7) is 0. The molecule has 1 N–H and O–H groups in total. The lowest BCUT2D eigenvalue weighted by atomic mass is 9.73. The number of nitrogens with zero attached hydrogens (tertiary/aromatic N) is 1. The van der Waals surface area contributed by atoms with E-state index in [2.05, 4.69) is 5.32 Å². The van der Waals surface area contributed by atoms with Gasteiger partial charge in [0, 0.05) is 17.8 Å². The molecule has 1 saturated carbocycles. The van der Waals surface area contributed by atoms with Crippen LogP contribution in [0.3, 0.4) is 0 Å². The van der Waals surface area contributed by atoms with E-state index < -0.39 is 4.92 Å². The Morgan fingerprint density at radius 1 is 1.35 bits per heavy atom. The highest BCUT2D eigenvalue weighted by molar-refractivity contribution is 6.03. The molecular weight excluding hydrogens is 220 g/mol. The molecule has 0 saturated heterocycles. The number of nitrogens with one attached hydrogen (secondary N) is 1. The lowest BCUT2D eigenvalue weighted by Crippen LogP contribution is -2.25. The average molecular weight is 232 g/mol. The minimum atomic E-state index is -0.416. The van der Waals surface area contributed by atoms with Crippen molar-refractivity contribution in [1.82, 2.24) is 0 Å². The zero-order valence-electron chi connectivity index (χ0n) is 9.18. The highest BCUT2D eigenvalue weighted by atomic mass is 16.6. The fourth-order valence-electron chi connectivity index (χ4n) is 2.63. The second-order valence-corrected chi connectivity index (χ2v) is 4.69. The van der Waals surface area contributed by atoms with Crippen molar-refractivity contribution < 1.29 is 9.72 Å². The van der Waals surface area contributed by atoms with Gasteiger partial charge in [-0.15, -0.1) is 0 Å². The standard InChI is InChI=1S/C12H12N2O3/c15-12-11(7-2-1-3-7)9-6-8(14(16)17)4-5-10(9)13-12/h4-7,11H,1-3H2,(H,13,15). The molecule has 0 bridgehead atoms. The van der Waals surface area contributed by atoms with E-state index in [-0.39, 0.29) is 17.5 Å². The smallest absolute Gasteiger partial charge is 0.269 e. The third-order valence-electron chi connectivity index (χ3n) is 3.74. The Kier molecular flexibility index (Phi) is 2.14. The molecule has 1 amide bonds. The van der Waals surface area contributed by atoms with E-state index in [0.29, 0.717) is 5.92 Å². The van der Waals surface area contributed by atoms with Crippen molar-refractivity contribution in [3.8, 4) is 0 Å². The van der Waals surface area contributed by atoms with Crippen LogP contribution in [-0.2, 0) is 4.79 Å². The van der Waals surface area contributed by atoms with Gasteiger partial charge < -0.3 is 5.32 Å². The molecule has 1 aliphatic carbocycles. The van der Waals surface area contributed by atoms with Gasteiger partial charge in [0.1, 0.15) is 0 Å². The Morgan fingerprint density at radius 3 is 2.71 bits per heavy atom. The number of carbonyl (C=O) groups excluding carboxylic acids is 1. The molecule has 1 aromatic rings. The van der Waals surface area contributed by atoms with Gasteiger partial charge in [-0.1, -0.05) is 6.42 Å². The number of amides is 1. The van der Waals surface area contributed by atoms with Gasteiger partial charge >= 0.3 is 0 Å². The molecule has 1 heterocycles. The van der Waals surface area contributed by atoms with E-state index in [1.165, 1.54) is 12.1 Å². The average Bonchev–Trinajstić information content (AvgIpc) is 2.53. The van der Waals surface area contributed by atoms with Gasteiger partial charge in [-0.3, -0.25) is 14.9 Å². The highest BCUT2D eigenvalue weighted by Gasteiger charge is 2.40. The van der Waals surface area contributed by atoms with Crippen molar-refractivity contribution in [2.24, 2.45) is 5.92 Å². The Balaban J connectivity index is 2.02. The Morgan fingerprint density at radius 2 is 2.12 bits per heavy atom. The van der Waals surface area contributed by atoms with Crippen molar-refractivity contribution in [3.63, 3.8) is 0 Å². The van der Waals surface area contributed by atoms with Crippen LogP contribution in [-0.4, -0.2) is 10.8 Å². The zero-order valence-corrected chi connectivity index (χ0v) is 9.18. The molecule has 1 atom stereocenters. The third-order valence-corrected chi connectivity index (χ3v) is 3.74. The molecule has 2 aliphatic rings. The molecule has 5 nitrogen and oxygen atoms in total. The number of benzene rings is 1. The summed E-state index contributed by atoms with van der Waals surface area (Å²) in [5, 5.41) is 13.5. The van der Waals surface area contributed by atoms with Gasteiger partial charge in [-0.25, -0.2) is 0 Å². The van der Waals surface area contributed by atoms with Crippen LogP contribution in [0.5, 0.6) is 0 Å². The molecule has 88 valence electrons. The predicted molar refractivity (Wildman–Crippen MR) is 61.8 cm³/mol. The maximum atomic E-state index is 11.9. The van der Waals surface area contributed by atoms with Gasteiger partial charge in [0.15, 0.2) is 0 Å². The molecule has 1 fully saturated rings. The summed E-state index contributed by atoms with van der Waals surface area (Å²) in [6, 6.07) is 4.60. The van der Waals surface area contributed by atoms with Crippen LogP contribution in [0.25, 0.3) is 0 Å². The number of nitro groups is 1. The Hall–Kier alpha value is -1.91. The molecule has 1 unspecified atom stereocenters. The molecule has 17 heavy (non-hydrogen) atoms. The lowest BCUT2D eigenvalue weighted by molar-refractivity contribution is -0.384. The molecule has 5 heteroatoms. The summed E-state index contributed by atoms with van der Waals surface area (Å²) >= 11 is 0. The molecule has 1 aromatic carbocycles. The molecular formula is C12H12N2O3. The van der Waals surface area contributed by atoms with E-state index in [0.717, 1.165) is 30.5 Å². The van der Waals surface area contributed by atoms with E-state index in [4.69, 9.17) is 0 Å². The van der Waals surface area contributed by atoms with Gasteiger partial charge in [0.25, 0.3) is 5.69 Å². The van der Waals surface area contributed by atoms with E-state index >= 15 is 0 Å². The number of hydrogen-bond acceptors (Lipinski definition) is 3. The van der Waals surface area contributed by atoms with Crippen LogP contribution in [0, 0.1) is 16.0 Å². The van der Waals surface area contributed by atoms with Gasteiger partial charge in [-0.2, -0.15) is 0 Å². The number of fused-ring (bicyclic) bond motifs is 1. The monoisotopic (exact) mass is 232 g/mol. The maximum Gasteiger partial charge on any atom is 0.269 e. The van der Waals surface area contributed by atoms with Gasteiger partial charge in [0.2, 0.25) is 5.91 Å². The van der Waals surface area contributed by atoms with Crippen molar-refractivity contribution >= 4 is 17.3 Å². The summed E-state index contributed by atoms with van der Waals surface area (Å²) in [5.41, 5.74) is 1.59. The quantitative estimate of drug-likeness (QED) is 0.628. The van der Waals surface area contributed by atoms with Crippen LogP contribution in [0.15, 0.2) is 18.2 Å². The number of anilines is 1. The van der Waals surface area contributed by atoms with Crippen LogP contribution in [0.1, 0.15) is 30.7 Å². The fourth-order valence-corrected chi connectivity index (χ4v) is 2.63. The summed E-state index contributed by atoms with van der Waals surface area (Å²) < 4.78 is 0. The lowest BCUT2D eigenvalue weighted by Gasteiger charge is -2.29. The first-order valence-electron chi connectivity index (χ1n) is 5.76. The predicted octanol–water partition coefficient (Wildman–Crippen LogP) is 2.43. The number of carbonyl (C=O) groups is 1. The van der Waals surface area contributed by atoms with Crippen LogP contribution < -0.4 is 5.32 Å². The fraction of sp³-hybridized carbons (Fsp3) is 0.417. The van der Waals surface area contributed by atoms with Gasteiger partial charge in [-0.05, 0) is 30.4 Å². The van der Waals surface area contributed by atoms with E-state index in [9.17, 15) is 14.9 Å². The SMILES string of the molecule is O=C1Nc2ccc([N+](=O)[O-])cc2C1C1CCC1. The minimum absolute atomic E-state index is 0.00908. The molecule has 1 aliphatic heterocycles. The molecule has 3 rings (SSSR count). The maximum absolute atomic E-state index is 11.9. The van der Waals surface area contributed by atoms with Crippen LogP contribution >= 0.6 is 0 Å². The van der Waals surface area contributed by atoms with E-state index in [1.54, 1.807) is 6.07 Å². The third kappa shape index (κ3) is 1.50. The number of nitro benzene ring substituents is 1.